The fraction of sp³-hybridized carbons (Fsp3) is 0.379. The number of hydrogen-bond acceptors (Lipinski definition) is 7. The zero-order valence-corrected chi connectivity index (χ0v) is 21.1. The molecule has 2 saturated heterocycles. The molecule has 2 fully saturated rings. The summed E-state index contributed by atoms with van der Waals surface area (Å²) >= 11 is 0. The van der Waals surface area contributed by atoms with Crippen LogP contribution >= 0.6 is 0 Å². The predicted octanol–water partition coefficient (Wildman–Crippen LogP) is 2.80. The Hall–Kier alpha value is -3.82. The summed E-state index contributed by atoms with van der Waals surface area (Å²) in [5.41, 5.74) is 1.48. The SMILES string of the molecule is O=C([C@@H]1CCNC[C@H]1c1ccccc1)N1CCC(O)(Cn2cnc3c(-c4ccccc4)noc3c2=O)CC1. The molecule has 2 N–H and O–H groups in total. The van der Waals surface area contributed by atoms with Gasteiger partial charge in [-0.3, -0.25) is 14.2 Å². The van der Waals surface area contributed by atoms with Gasteiger partial charge in [-0.2, -0.15) is 0 Å². The van der Waals surface area contributed by atoms with Crippen LogP contribution in [0.2, 0.25) is 0 Å². The number of rotatable bonds is 5. The highest BCUT2D eigenvalue weighted by Gasteiger charge is 2.39. The maximum atomic E-state index is 13.6. The molecule has 9 heteroatoms. The maximum Gasteiger partial charge on any atom is 0.300 e. The van der Waals surface area contributed by atoms with E-state index in [1.165, 1.54) is 16.5 Å². The van der Waals surface area contributed by atoms with Crippen molar-refractivity contribution in [3.05, 3.63) is 82.9 Å². The Kier molecular flexibility index (Phi) is 6.55. The second-order valence-corrected chi connectivity index (χ2v) is 10.4. The van der Waals surface area contributed by atoms with Crippen LogP contribution in [-0.4, -0.2) is 62.4 Å². The molecule has 1 amide bonds. The first-order valence-electron chi connectivity index (χ1n) is 13.2. The number of likely N-dealkylation sites (tertiary alicyclic amines) is 1. The number of piperidine rings is 2. The average Bonchev–Trinajstić information content (AvgIpc) is 3.40. The summed E-state index contributed by atoms with van der Waals surface area (Å²) in [6.45, 7) is 2.59. The highest BCUT2D eigenvalue weighted by Crippen LogP contribution is 2.33. The van der Waals surface area contributed by atoms with Gasteiger partial charge in [0.15, 0.2) is 0 Å². The lowest BCUT2D eigenvalue weighted by Gasteiger charge is -2.41. The second kappa shape index (κ2) is 10.2. The Labute approximate surface area is 220 Å². The molecule has 4 aromatic rings. The molecule has 4 heterocycles. The zero-order chi connectivity index (χ0) is 26.1. The van der Waals surface area contributed by atoms with Gasteiger partial charge in [-0.05, 0) is 31.4 Å². The first-order valence-corrected chi connectivity index (χ1v) is 13.2. The number of nitrogens with one attached hydrogen (secondary N) is 1. The molecule has 2 aliphatic rings. The van der Waals surface area contributed by atoms with Crippen LogP contribution in [0, 0.1) is 5.92 Å². The molecule has 0 unspecified atom stereocenters. The molecule has 2 aromatic heterocycles. The molecule has 6 rings (SSSR count). The number of benzene rings is 2. The second-order valence-electron chi connectivity index (χ2n) is 10.4. The zero-order valence-electron chi connectivity index (χ0n) is 21.1. The number of fused-ring (bicyclic) bond motifs is 1. The van der Waals surface area contributed by atoms with Gasteiger partial charge in [0, 0.05) is 37.0 Å². The van der Waals surface area contributed by atoms with Crippen molar-refractivity contribution in [3.8, 4) is 11.3 Å². The van der Waals surface area contributed by atoms with Gasteiger partial charge >= 0.3 is 0 Å². The molecular formula is C29H31N5O4. The normalized spacial score (nSPS) is 21.4. The summed E-state index contributed by atoms with van der Waals surface area (Å²) in [6.07, 6.45) is 3.01. The van der Waals surface area contributed by atoms with Crippen LogP contribution in [0.3, 0.4) is 0 Å². The van der Waals surface area contributed by atoms with Crippen LogP contribution in [-0.2, 0) is 11.3 Å². The van der Waals surface area contributed by atoms with Crippen LogP contribution in [0.4, 0.5) is 0 Å². The lowest BCUT2D eigenvalue weighted by Crippen LogP contribution is -2.52. The molecule has 0 spiro atoms. The van der Waals surface area contributed by atoms with Crippen LogP contribution in [0.1, 0.15) is 30.7 Å². The summed E-state index contributed by atoms with van der Waals surface area (Å²) < 4.78 is 6.76. The standard InChI is InChI=1S/C29H31N5O4/c35-27(22-11-14-30-17-23(22)20-7-3-1-4-8-20)33-15-12-29(37,13-16-33)18-34-19-31-25-24(21-9-5-2-6-10-21)32-38-26(25)28(34)36/h1-10,19,22-23,30,37H,11-18H2/t22-,23+/m1/s1. The van der Waals surface area contributed by atoms with Crippen LogP contribution < -0.4 is 10.9 Å². The minimum Gasteiger partial charge on any atom is -0.388 e. The fourth-order valence-electron chi connectivity index (χ4n) is 5.81. The number of amides is 1. The number of nitrogens with zero attached hydrogens (tertiary/aromatic N) is 4. The molecule has 9 nitrogen and oxygen atoms in total. The first kappa shape index (κ1) is 24.5. The molecule has 2 atom stereocenters. The summed E-state index contributed by atoms with van der Waals surface area (Å²) in [5, 5.41) is 18.9. The monoisotopic (exact) mass is 513 g/mol. The third-order valence-electron chi connectivity index (χ3n) is 7.99. The van der Waals surface area contributed by atoms with Gasteiger partial charge in [-0.1, -0.05) is 65.8 Å². The topological polar surface area (TPSA) is 113 Å². The molecule has 38 heavy (non-hydrogen) atoms. The van der Waals surface area contributed by atoms with Gasteiger partial charge in [0.2, 0.25) is 5.91 Å². The highest BCUT2D eigenvalue weighted by molar-refractivity contribution is 5.87. The van der Waals surface area contributed by atoms with Crippen LogP contribution in [0.25, 0.3) is 22.4 Å². The van der Waals surface area contributed by atoms with Crippen molar-refractivity contribution in [1.82, 2.24) is 24.9 Å². The van der Waals surface area contributed by atoms with Gasteiger partial charge in [0.1, 0.15) is 11.2 Å². The molecule has 0 aliphatic carbocycles. The van der Waals surface area contributed by atoms with E-state index >= 15 is 0 Å². The molecule has 196 valence electrons. The van der Waals surface area contributed by atoms with Gasteiger partial charge in [0.05, 0.1) is 18.5 Å². The van der Waals surface area contributed by atoms with E-state index in [2.05, 4.69) is 27.6 Å². The third-order valence-corrected chi connectivity index (χ3v) is 7.99. The minimum atomic E-state index is -1.12. The predicted molar refractivity (Wildman–Crippen MR) is 142 cm³/mol. The molecule has 2 aromatic carbocycles. The minimum absolute atomic E-state index is 0.0698. The lowest BCUT2D eigenvalue weighted by atomic mass is 9.80. The van der Waals surface area contributed by atoms with Gasteiger partial charge in [-0.25, -0.2) is 4.98 Å². The van der Waals surface area contributed by atoms with Gasteiger partial charge < -0.3 is 19.8 Å². The van der Waals surface area contributed by atoms with Crippen molar-refractivity contribution < 1.29 is 14.4 Å². The lowest BCUT2D eigenvalue weighted by molar-refractivity contribution is -0.141. The quantitative estimate of drug-likeness (QED) is 0.422. The average molecular weight is 514 g/mol. The van der Waals surface area contributed by atoms with Crippen molar-refractivity contribution >= 4 is 17.0 Å². The number of hydrogen-bond donors (Lipinski definition) is 2. The Morgan fingerprint density at radius 3 is 2.53 bits per heavy atom. The fourth-order valence-corrected chi connectivity index (χ4v) is 5.81. The Morgan fingerprint density at radius 2 is 1.79 bits per heavy atom. The third kappa shape index (κ3) is 4.63. The van der Waals surface area contributed by atoms with E-state index in [1.807, 2.05) is 53.4 Å². The molecule has 2 aliphatic heterocycles. The summed E-state index contributed by atoms with van der Waals surface area (Å²) in [7, 11) is 0. The van der Waals surface area contributed by atoms with E-state index in [9.17, 15) is 14.7 Å². The Bertz CT molecular complexity index is 1480. The van der Waals surface area contributed by atoms with Crippen molar-refractivity contribution in [2.45, 2.75) is 37.3 Å². The smallest absolute Gasteiger partial charge is 0.300 e. The van der Waals surface area contributed by atoms with Crippen molar-refractivity contribution in [1.29, 1.82) is 0 Å². The van der Waals surface area contributed by atoms with Gasteiger partial charge in [-0.15, -0.1) is 0 Å². The van der Waals surface area contributed by atoms with Crippen LogP contribution in [0.5, 0.6) is 0 Å². The summed E-state index contributed by atoms with van der Waals surface area (Å²) in [6, 6.07) is 19.6. The first-order chi connectivity index (χ1) is 18.5. The van der Waals surface area contributed by atoms with E-state index in [-0.39, 0.29) is 35.4 Å². The Morgan fingerprint density at radius 1 is 1.08 bits per heavy atom. The largest absolute Gasteiger partial charge is 0.388 e. The number of carbonyl (C=O) groups is 1. The maximum absolute atomic E-state index is 13.6. The van der Waals surface area contributed by atoms with Crippen LogP contribution in [0.15, 0.2) is 76.3 Å². The van der Waals surface area contributed by atoms with Crippen molar-refractivity contribution in [2.75, 3.05) is 26.2 Å². The van der Waals surface area contributed by atoms with E-state index in [0.29, 0.717) is 37.1 Å². The van der Waals surface area contributed by atoms with Crippen molar-refractivity contribution in [3.63, 3.8) is 0 Å². The van der Waals surface area contributed by atoms with Gasteiger partial charge in [0.25, 0.3) is 11.1 Å². The molecule has 0 bridgehead atoms. The van der Waals surface area contributed by atoms with E-state index in [1.54, 1.807) is 0 Å². The van der Waals surface area contributed by atoms with E-state index in [0.717, 1.165) is 25.1 Å². The number of aliphatic hydroxyl groups is 1. The summed E-state index contributed by atoms with van der Waals surface area (Å²) in [5.74, 6) is 0.208. The highest BCUT2D eigenvalue weighted by atomic mass is 16.5. The molecular weight excluding hydrogens is 482 g/mol. The molecule has 0 radical (unpaired) electrons. The number of carbonyl (C=O) groups excluding carboxylic acids is 1. The van der Waals surface area contributed by atoms with E-state index in [4.69, 9.17) is 4.52 Å². The summed E-state index contributed by atoms with van der Waals surface area (Å²) in [4.78, 5) is 33.0. The van der Waals surface area contributed by atoms with E-state index < -0.39 is 5.60 Å². The number of aromatic nitrogens is 3. The Balaban J connectivity index is 1.15. The molecule has 0 saturated carbocycles. The van der Waals surface area contributed by atoms with Crippen molar-refractivity contribution in [2.24, 2.45) is 5.92 Å².